The summed E-state index contributed by atoms with van der Waals surface area (Å²) in [6.07, 6.45) is -11.8. The maximum absolute atomic E-state index is 13.9. The highest BCUT2D eigenvalue weighted by molar-refractivity contribution is 5.22. The van der Waals surface area contributed by atoms with Gasteiger partial charge in [-0.1, -0.05) is 0 Å². The van der Waals surface area contributed by atoms with Crippen molar-refractivity contribution < 1.29 is 159 Å². The lowest BCUT2D eigenvalue weighted by Crippen LogP contribution is -2.80. The molecule has 0 amide bonds. The zero-order valence-corrected chi connectivity index (χ0v) is 23.6. The van der Waals surface area contributed by atoms with Crippen molar-refractivity contribution in [3.8, 4) is 0 Å². The van der Waals surface area contributed by atoms with Crippen LogP contribution in [0.1, 0.15) is 6.42 Å². The maximum Gasteiger partial charge on any atom is 0.460 e. The molecule has 0 aromatic carbocycles. The number of hydrogen-bond donors (Lipinski definition) is 1. The Labute approximate surface area is 274 Å². The number of rotatable bonds is 17. The fraction of sp³-hybridized carbons (Fsp3) is 1.00. The molecule has 0 fully saturated rings. The second-order valence-corrected chi connectivity index (χ2v) is 10.3. The first-order valence-electron chi connectivity index (χ1n) is 11.8. The summed E-state index contributed by atoms with van der Waals surface area (Å²) >= 11 is 0. The van der Waals surface area contributed by atoms with Crippen molar-refractivity contribution in [2.24, 2.45) is 0 Å². The second-order valence-electron chi connectivity index (χ2n) is 10.3. The zero-order valence-electron chi connectivity index (χ0n) is 23.6. The third kappa shape index (κ3) is 5.96. The normalized spacial score (nSPS) is 17.2. The van der Waals surface area contributed by atoms with Crippen molar-refractivity contribution in [1.82, 2.24) is 0 Å². The quantitative estimate of drug-likeness (QED) is 0.144. The van der Waals surface area contributed by atoms with Crippen molar-refractivity contribution >= 4 is 0 Å². The molecule has 1 nitrogen and oxygen atoms in total. The Morgan fingerprint density at radius 3 is 0.455 bits per heavy atom. The van der Waals surface area contributed by atoms with E-state index in [1.807, 2.05) is 0 Å². The molecule has 0 spiro atoms. The van der Waals surface area contributed by atoms with E-state index in [1.54, 1.807) is 0 Å². The summed E-state index contributed by atoms with van der Waals surface area (Å²) in [7, 11) is 0. The van der Waals surface area contributed by atoms with Gasteiger partial charge in [-0.05, 0) is 0 Å². The molecule has 0 radical (unpaired) electrons. The molecular formula is C19H5F35O. The summed E-state index contributed by atoms with van der Waals surface area (Å²) < 4.78 is 471. The first kappa shape index (κ1) is 52.5. The Morgan fingerprint density at radius 2 is 0.327 bits per heavy atom. The van der Waals surface area contributed by atoms with Crippen molar-refractivity contribution in [2.45, 2.75) is 107 Å². The van der Waals surface area contributed by atoms with E-state index in [-0.39, 0.29) is 0 Å². The van der Waals surface area contributed by atoms with Gasteiger partial charge in [-0.15, -0.1) is 0 Å². The van der Waals surface area contributed by atoms with Crippen LogP contribution in [-0.4, -0.2) is 113 Å². The van der Waals surface area contributed by atoms with Gasteiger partial charge >= 0.3 is 101 Å². The monoisotopic (exact) mass is 914 g/mol. The topological polar surface area (TPSA) is 20.2 Å². The second kappa shape index (κ2) is 12.8. The summed E-state index contributed by atoms with van der Waals surface area (Å²) in [6, 6.07) is 0. The number of alkyl halides is 35. The van der Waals surface area contributed by atoms with Crippen LogP contribution in [0.5, 0.6) is 0 Å². The number of aliphatic hydroxyl groups excluding tert-OH is 1. The van der Waals surface area contributed by atoms with Gasteiger partial charge in [-0.2, -0.15) is 154 Å². The minimum absolute atomic E-state index is 2.61. The van der Waals surface area contributed by atoms with Gasteiger partial charge in [0.15, 0.2) is 0 Å². The Morgan fingerprint density at radius 1 is 0.200 bits per heavy atom. The smallest absolute Gasteiger partial charge is 0.396 e. The fourth-order valence-corrected chi connectivity index (χ4v) is 3.27. The van der Waals surface area contributed by atoms with Gasteiger partial charge in [-0.3, -0.25) is 0 Å². The number of hydrogen-bond acceptors (Lipinski definition) is 1. The van der Waals surface area contributed by atoms with Crippen LogP contribution < -0.4 is 0 Å². The van der Waals surface area contributed by atoms with Gasteiger partial charge in [0.05, 0.1) is 0 Å². The van der Waals surface area contributed by atoms with Crippen LogP contribution >= 0.6 is 0 Å². The molecule has 0 atom stereocenters. The summed E-state index contributed by atoms with van der Waals surface area (Å²) in [6.45, 7) is -2.61. The SMILES string of the molecule is OCCC(F)(F)C(F)(F)C(F)(F)C(F)(F)C(F)(F)C(F)(F)C(F)(F)C(F)(F)C(F)(F)C(F)(F)C(F)(F)C(F)(F)C(F)(F)C(F)(F)C(F)(F)C(F)(F)C(F)(F)F. The molecule has 0 aliphatic rings. The fourth-order valence-electron chi connectivity index (χ4n) is 3.27. The minimum atomic E-state index is -10.3. The molecule has 0 unspecified atom stereocenters. The van der Waals surface area contributed by atoms with Gasteiger partial charge in [0.25, 0.3) is 0 Å². The molecule has 0 bridgehead atoms. The van der Waals surface area contributed by atoms with E-state index in [2.05, 4.69) is 0 Å². The highest BCUT2D eigenvalue weighted by atomic mass is 19.4. The van der Waals surface area contributed by atoms with Crippen molar-refractivity contribution in [2.75, 3.05) is 6.61 Å². The molecule has 0 saturated carbocycles. The summed E-state index contributed by atoms with van der Waals surface area (Å²) in [5, 5.41) is 8.04. The van der Waals surface area contributed by atoms with Crippen LogP contribution in [-0.2, 0) is 0 Å². The Balaban J connectivity index is 7.79. The largest absolute Gasteiger partial charge is 0.460 e. The van der Waals surface area contributed by atoms with Gasteiger partial charge in [0.2, 0.25) is 0 Å². The van der Waals surface area contributed by atoms with E-state index in [4.69, 9.17) is 5.11 Å². The molecule has 0 rings (SSSR count). The van der Waals surface area contributed by atoms with Crippen LogP contribution in [0.25, 0.3) is 0 Å². The highest BCUT2D eigenvalue weighted by Gasteiger charge is 3.02. The van der Waals surface area contributed by atoms with E-state index in [0.717, 1.165) is 0 Å². The molecular weight excluding hydrogens is 909 g/mol. The summed E-state index contributed by atoms with van der Waals surface area (Å²) in [5.74, 6) is -154. The van der Waals surface area contributed by atoms with Gasteiger partial charge in [-0.25, -0.2) is 0 Å². The number of aliphatic hydroxyl groups is 1. The lowest BCUT2D eigenvalue weighted by atomic mass is 9.82. The Hall–Kier alpha value is -2.49. The first-order valence-corrected chi connectivity index (χ1v) is 11.8. The van der Waals surface area contributed by atoms with E-state index in [0.29, 0.717) is 0 Å². The van der Waals surface area contributed by atoms with Crippen molar-refractivity contribution in [3.63, 3.8) is 0 Å². The molecule has 1 N–H and O–H groups in total. The average Bonchev–Trinajstić information content (AvgIpc) is 2.94. The molecule has 0 aromatic rings. The molecule has 0 aliphatic carbocycles. The molecule has 36 heteroatoms. The predicted octanol–water partition coefficient (Wildman–Crippen LogP) is 11.1. The third-order valence-corrected chi connectivity index (χ3v) is 6.76. The standard InChI is InChI=1S/C19H5F35O/c20-3(21,1-2-55)4(22,23)5(24,25)6(26,27)7(28,29)8(30,31)9(32,33)10(34,35)11(36,37)12(38,39)13(40,41)14(42,43)15(44,45)16(46,47)17(48,49)18(50,51)19(52,53)54/h55H,1-2H2. The van der Waals surface area contributed by atoms with Gasteiger partial charge < -0.3 is 5.11 Å². The Bertz CT molecular complexity index is 1380. The lowest BCUT2D eigenvalue weighted by molar-refractivity contribution is -0.492. The first-order chi connectivity index (χ1) is 23.1. The molecule has 0 saturated heterocycles. The van der Waals surface area contributed by atoms with Crippen LogP contribution in [0.4, 0.5) is 154 Å². The Kier molecular flexibility index (Phi) is 12.2. The van der Waals surface area contributed by atoms with Crippen LogP contribution in [0.3, 0.4) is 0 Å². The van der Waals surface area contributed by atoms with Crippen LogP contribution in [0.2, 0.25) is 0 Å². The van der Waals surface area contributed by atoms with Crippen molar-refractivity contribution in [1.29, 1.82) is 0 Å². The molecule has 0 aliphatic heterocycles. The van der Waals surface area contributed by atoms with E-state index >= 15 is 0 Å². The number of halogens is 35. The summed E-state index contributed by atoms with van der Waals surface area (Å²) in [4.78, 5) is 0. The molecule has 0 aromatic heterocycles. The molecule has 332 valence electrons. The van der Waals surface area contributed by atoms with E-state index in [9.17, 15) is 154 Å². The molecule has 0 heterocycles. The third-order valence-electron chi connectivity index (χ3n) is 6.76. The van der Waals surface area contributed by atoms with Gasteiger partial charge in [0, 0.05) is 13.0 Å². The van der Waals surface area contributed by atoms with Crippen molar-refractivity contribution in [3.05, 3.63) is 0 Å². The zero-order chi connectivity index (χ0) is 45.9. The van der Waals surface area contributed by atoms with E-state index in [1.165, 1.54) is 0 Å². The van der Waals surface area contributed by atoms with E-state index < -0.39 is 114 Å². The minimum Gasteiger partial charge on any atom is -0.396 e. The van der Waals surface area contributed by atoms with Gasteiger partial charge in [0.1, 0.15) is 0 Å². The van der Waals surface area contributed by atoms with Crippen LogP contribution in [0, 0.1) is 0 Å². The summed E-state index contributed by atoms with van der Waals surface area (Å²) in [5.41, 5.74) is 0. The predicted molar refractivity (Wildman–Crippen MR) is 96.9 cm³/mol. The van der Waals surface area contributed by atoms with Crippen LogP contribution in [0.15, 0.2) is 0 Å². The average molecular weight is 914 g/mol. The lowest BCUT2D eigenvalue weighted by Gasteiger charge is -2.47. The highest BCUT2D eigenvalue weighted by Crippen LogP contribution is 2.70. The molecule has 55 heavy (non-hydrogen) atoms. The maximum atomic E-state index is 13.9.